The van der Waals surface area contributed by atoms with Crippen molar-refractivity contribution in [1.82, 2.24) is 15.5 Å². The van der Waals surface area contributed by atoms with Crippen molar-refractivity contribution in [3.8, 4) is 0 Å². The number of hydrogen-bond acceptors (Lipinski definition) is 4. The molecule has 2 amide bonds. The van der Waals surface area contributed by atoms with Gasteiger partial charge in [0, 0.05) is 19.6 Å². The zero-order valence-corrected chi connectivity index (χ0v) is 16.7. The van der Waals surface area contributed by atoms with Crippen molar-refractivity contribution in [3.63, 3.8) is 0 Å². The molecule has 0 bridgehead atoms. The van der Waals surface area contributed by atoms with Crippen LogP contribution in [0.25, 0.3) is 0 Å². The molecule has 154 valence electrons. The van der Waals surface area contributed by atoms with Gasteiger partial charge in [-0.1, -0.05) is 36.4 Å². The number of alkyl carbamates (subject to hydrolysis) is 1. The Morgan fingerprint density at radius 1 is 1.14 bits per heavy atom. The highest BCUT2D eigenvalue weighted by atomic mass is 16.5. The van der Waals surface area contributed by atoms with Gasteiger partial charge in [-0.05, 0) is 50.6 Å². The van der Waals surface area contributed by atoms with E-state index in [0.29, 0.717) is 6.42 Å². The molecule has 6 nitrogen and oxygen atoms in total. The highest BCUT2D eigenvalue weighted by Gasteiger charge is 2.27. The molecule has 1 saturated heterocycles. The highest BCUT2D eigenvalue weighted by molar-refractivity contribution is 5.85. The van der Waals surface area contributed by atoms with Gasteiger partial charge in [-0.3, -0.25) is 4.79 Å². The zero-order chi connectivity index (χ0) is 20.0. The second-order valence-corrected chi connectivity index (χ2v) is 7.13. The standard InChI is InChI=1S/C22H33N3O3/c1-2-14-23-15-8-7-13-20(21(26)25-16-9-4-10-17-25)24-22(27)28-18-19-11-5-3-6-12-19/h2-3,5-6,11-12,20,23H,1,4,7-10,13-18H2,(H,24,27)/t20-/m0/s1. The minimum atomic E-state index is -0.538. The molecule has 1 fully saturated rings. The molecule has 0 unspecified atom stereocenters. The van der Waals surface area contributed by atoms with Gasteiger partial charge in [0.05, 0.1) is 0 Å². The number of rotatable bonds is 11. The number of benzene rings is 1. The van der Waals surface area contributed by atoms with E-state index in [1.54, 1.807) is 0 Å². The summed E-state index contributed by atoms with van der Waals surface area (Å²) in [4.78, 5) is 27.0. The summed E-state index contributed by atoms with van der Waals surface area (Å²) in [5.41, 5.74) is 0.921. The van der Waals surface area contributed by atoms with Gasteiger partial charge in [-0.25, -0.2) is 4.79 Å². The largest absolute Gasteiger partial charge is 0.445 e. The molecule has 2 rings (SSSR count). The summed E-state index contributed by atoms with van der Waals surface area (Å²) in [5, 5.41) is 6.05. The molecule has 6 heteroatoms. The monoisotopic (exact) mass is 387 g/mol. The van der Waals surface area contributed by atoms with E-state index >= 15 is 0 Å². The van der Waals surface area contributed by atoms with Gasteiger partial charge in [0.15, 0.2) is 0 Å². The Morgan fingerprint density at radius 2 is 1.89 bits per heavy atom. The molecule has 1 aromatic rings. The molecular weight excluding hydrogens is 354 g/mol. The number of carbonyl (C=O) groups is 2. The quantitative estimate of drug-likeness (QED) is 0.452. The van der Waals surface area contributed by atoms with E-state index in [9.17, 15) is 9.59 Å². The van der Waals surface area contributed by atoms with Crippen LogP contribution >= 0.6 is 0 Å². The van der Waals surface area contributed by atoms with Crippen LogP contribution in [0.3, 0.4) is 0 Å². The maximum Gasteiger partial charge on any atom is 0.408 e. The van der Waals surface area contributed by atoms with Gasteiger partial charge in [0.25, 0.3) is 0 Å². The van der Waals surface area contributed by atoms with Crippen molar-refractivity contribution in [3.05, 3.63) is 48.6 Å². The average Bonchev–Trinajstić information content (AvgIpc) is 2.74. The maximum absolute atomic E-state index is 12.9. The van der Waals surface area contributed by atoms with Crippen molar-refractivity contribution >= 4 is 12.0 Å². The topological polar surface area (TPSA) is 70.7 Å². The molecule has 1 aromatic carbocycles. The van der Waals surface area contributed by atoms with Crippen molar-refractivity contribution in [2.75, 3.05) is 26.2 Å². The minimum Gasteiger partial charge on any atom is -0.445 e. The Kier molecular flexibility index (Phi) is 10.1. The van der Waals surface area contributed by atoms with Gasteiger partial charge in [0.2, 0.25) is 5.91 Å². The number of nitrogens with one attached hydrogen (secondary N) is 2. The Bertz CT molecular complexity index is 600. The molecule has 1 aliphatic heterocycles. The fraction of sp³-hybridized carbons (Fsp3) is 0.545. The summed E-state index contributed by atoms with van der Waals surface area (Å²) in [7, 11) is 0. The summed E-state index contributed by atoms with van der Waals surface area (Å²) < 4.78 is 5.31. The van der Waals surface area contributed by atoms with Crippen LogP contribution in [-0.2, 0) is 16.1 Å². The van der Waals surface area contributed by atoms with Crippen LogP contribution in [-0.4, -0.2) is 49.1 Å². The van der Waals surface area contributed by atoms with Crippen LogP contribution in [0.1, 0.15) is 44.1 Å². The molecule has 0 spiro atoms. The van der Waals surface area contributed by atoms with E-state index in [1.165, 1.54) is 0 Å². The van der Waals surface area contributed by atoms with E-state index in [4.69, 9.17) is 4.74 Å². The molecule has 0 radical (unpaired) electrons. The van der Waals surface area contributed by atoms with Crippen LogP contribution in [0.2, 0.25) is 0 Å². The van der Waals surface area contributed by atoms with Crippen molar-refractivity contribution in [2.24, 2.45) is 0 Å². The Morgan fingerprint density at radius 3 is 2.61 bits per heavy atom. The van der Waals surface area contributed by atoms with Crippen LogP contribution in [0.15, 0.2) is 43.0 Å². The predicted molar refractivity (Wildman–Crippen MR) is 111 cm³/mol. The predicted octanol–water partition coefficient (Wildman–Crippen LogP) is 3.24. The maximum atomic E-state index is 12.9. The molecular formula is C22H33N3O3. The normalized spacial score (nSPS) is 14.9. The third-order valence-corrected chi connectivity index (χ3v) is 4.86. The van der Waals surface area contributed by atoms with E-state index < -0.39 is 12.1 Å². The number of unbranched alkanes of at least 4 members (excludes halogenated alkanes) is 1. The number of amides is 2. The summed E-state index contributed by atoms with van der Waals surface area (Å²) in [5.74, 6) is 0.00964. The Labute approximate surface area is 168 Å². The van der Waals surface area contributed by atoms with Crippen molar-refractivity contribution in [1.29, 1.82) is 0 Å². The third kappa shape index (κ3) is 8.13. The first-order valence-corrected chi connectivity index (χ1v) is 10.3. The van der Waals surface area contributed by atoms with Crippen molar-refractivity contribution in [2.45, 2.75) is 51.2 Å². The molecule has 0 aromatic heterocycles. The number of ether oxygens (including phenoxy) is 1. The summed E-state index contributed by atoms with van der Waals surface area (Å²) in [6, 6.07) is 9.00. The van der Waals surface area contributed by atoms with E-state index in [-0.39, 0.29) is 12.5 Å². The lowest BCUT2D eigenvalue weighted by Crippen LogP contribution is -2.50. The van der Waals surface area contributed by atoms with Crippen molar-refractivity contribution < 1.29 is 14.3 Å². The van der Waals surface area contributed by atoms with Gasteiger partial charge in [0.1, 0.15) is 12.6 Å². The second kappa shape index (κ2) is 12.9. The van der Waals surface area contributed by atoms with Gasteiger partial charge < -0.3 is 20.3 Å². The molecule has 0 aliphatic carbocycles. The first kappa shape index (κ1) is 22.0. The van der Waals surface area contributed by atoms with Crippen LogP contribution in [0, 0.1) is 0 Å². The number of nitrogens with zero attached hydrogens (tertiary/aromatic N) is 1. The second-order valence-electron chi connectivity index (χ2n) is 7.13. The molecule has 1 heterocycles. The average molecular weight is 388 g/mol. The lowest BCUT2D eigenvalue weighted by atomic mass is 10.1. The highest BCUT2D eigenvalue weighted by Crippen LogP contribution is 2.13. The molecule has 2 N–H and O–H groups in total. The van der Waals surface area contributed by atoms with Crippen LogP contribution < -0.4 is 10.6 Å². The number of carbonyl (C=O) groups excluding carboxylic acids is 2. The Hall–Kier alpha value is -2.34. The first-order chi connectivity index (χ1) is 13.7. The number of hydrogen-bond donors (Lipinski definition) is 2. The third-order valence-electron chi connectivity index (χ3n) is 4.86. The lowest BCUT2D eigenvalue weighted by molar-refractivity contribution is -0.134. The Balaban J connectivity index is 1.83. The summed E-state index contributed by atoms with van der Waals surface area (Å²) >= 11 is 0. The van der Waals surface area contributed by atoms with Crippen LogP contribution in [0.4, 0.5) is 4.79 Å². The SMILES string of the molecule is C=CCNCCCC[C@H](NC(=O)OCc1ccccc1)C(=O)N1CCCCC1. The molecule has 28 heavy (non-hydrogen) atoms. The summed E-state index contributed by atoms with van der Waals surface area (Å²) in [6.45, 7) is 7.07. The fourth-order valence-electron chi connectivity index (χ4n) is 3.30. The molecule has 1 atom stereocenters. The van der Waals surface area contributed by atoms with Gasteiger partial charge >= 0.3 is 6.09 Å². The minimum absolute atomic E-state index is 0.00964. The first-order valence-electron chi connectivity index (χ1n) is 10.3. The van der Waals surface area contributed by atoms with Gasteiger partial charge in [-0.2, -0.15) is 0 Å². The van der Waals surface area contributed by atoms with E-state index in [2.05, 4.69) is 17.2 Å². The van der Waals surface area contributed by atoms with E-state index in [1.807, 2.05) is 41.3 Å². The summed E-state index contributed by atoms with van der Waals surface area (Å²) in [6.07, 6.45) is 6.93. The molecule has 1 aliphatic rings. The van der Waals surface area contributed by atoms with E-state index in [0.717, 1.165) is 63.8 Å². The smallest absolute Gasteiger partial charge is 0.408 e. The zero-order valence-electron chi connectivity index (χ0n) is 16.7. The van der Waals surface area contributed by atoms with Crippen LogP contribution in [0.5, 0.6) is 0 Å². The lowest BCUT2D eigenvalue weighted by Gasteiger charge is -2.30. The van der Waals surface area contributed by atoms with Gasteiger partial charge in [-0.15, -0.1) is 6.58 Å². The fourth-order valence-corrected chi connectivity index (χ4v) is 3.30. The number of likely N-dealkylation sites (tertiary alicyclic amines) is 1. The molecule has 0 saturated carbocycles. The number of piperidine rings is 1.